The number of halogens is 1. The third-order valence-electron chi connectivity index (χ3n) is 3.96. The van der Waals surface area contributed by atoms with Crippen molar-refractivity contribution in [1.82, 2.24) is 9.29 Å². The minimum absolute atomic E-state index is 0.116. The summed E-state index contributed by atoms with van der Waals surface area (Å²) in [4.78, 5) is 17.6. The highest BCUT2D eigenvalue weighted by Crippen LogP contribution is 2.22. The molecule has 2 aromatic carbocycles. The van der Waals surface area contributed by atoms with E-state index in [1.54, 1.807) is 18.3 Å². The Balaban J connectivity index is 1.66. The molecule has 6 nitrogen and oxygen atoms in total. The van der Waals surface area contributed by atoms with Crippen LogP contribution in [0, 0.1) is 5.82 Å². The fraction of sp³-hybridized carbons (Fsp3) is 0.158. The number of carbonyl (C=O) groups excluding carboxylic acids is 1. The van der Waals surface area contributed by atoms with Crippen LogP contribution in [0.15, 0.2) is 59.6 Å². The van der Waals surface area contributed by atoms with Gasteiger partial charge in [0, 0.05) is 37.2 Å². The summed E-state index contributed by atoms with van der Waals surface area (Å²) in [7, 11) is -0.647. The fourth-order valence-electron chi connectivity index (χ4n) is 2.41. The van der Waals surface area contributed by atoms with E-state index < -0.39 is 10.0 Å². The molecule has 28 heavy (non-hydrogen) atoms. The van der Waals surface area contributed by atoms with Crippen molar-refractivity contribution in [3.63, 3.8) is 0 Å². The van der Waals surface area contributed by atoms with Crippen LogP contribution in [0.1, 0.15) is 20.8 Å². The van der Waals surface area contributed by atoms with Crippen LogP contribution in [0.4, 0.5) is 9.52 Å². The number of hydrogen-bond acceptors (Lipinski definition) is 5. The van der Waals surface area contributed by atoms with E-state index in [0.29, 0.717) is 17.1 Å². The first-order valence-electron chi connectivity index (χ1n) is 8.29. The van der Waals surface area contributed by atoms with E-state index >= 15 is 0 Å². The third kappa shape index (κ3) is 4.61. The van der Waals surface area contributed by atoms with Crippen molar-refractivity contribution in [2.75, 3.05) is 19.4 Å². The van der Waals surface area contributed by atoms with Crippen molar-refractivity contribution in [1.29, 1.82) is 0 Å². The molecule has 9 heteroatoms. The molecule has 0 aliphatic carbocycles. The molecule has 0 radical (unpaired) electrons. The van der Waals surface area contributed by atoms with Crippen molar-refractivity contribution in [2.24, 2.45) is 0 Å². The lowest BCUT2D eigenvalue weighted by atomic mass is 10.1. The van der Waals surface area contributed by atoms with Gasteiger partial charge in [0.2, 0.25) is 10.0 Å². The van der Waals surface area contributed by atoms with E-state index in [4.69, 9.17) is 0 Å². The van der Waals surface area contributed by atoms with Crippen LogP contribution in [0.2, 0.25) is 0 Å². The van der Waals surface area contributed by atoms with Crippen molar-refractivity contribution < 1.29 is 17.6 Å². The largest absolute Gasteiger partial charge is 0.298 e. The van der Waals surface area contributed by atoms with Crippen LogP contribution < -0.4 is 5.32 Å². The first kappa shape index (κ1) is 20.1. The maximum Gasteiger partial charge on any atom is 0.257 e. The van der Waals surface area contributed by atoms with Crippen molar-refractivity contribution >= 4 is 32.4 Å². The Bertz CT molecular complexity index is 1080. The van der Waals surface area contributed by atoms with Crippen LogP contribution in [-0.2, 0) is 16.4 Å². The average Bonchev–Trinajstić information content (AvgIpc) is 3.10. The van der Waals surface area contributed by atoms with Crippen molar-refractivity contribution in [3.05, 3.63) is 76.5 Å². The molecule has 0 spiro atoms. The summed E-state index contributed by atoms with van der Waals surface area (Å²) in [5, 5.41) is 3.14. The van der Waals surface area contributed by atoms with Gasteiger partial charge in [-0.15, -0.1) is 11.3 Å². The lowest BCUT2D eigenvalue weighted by molar-refractivity contribution is 0.102. The van der Waals surface area contributed by atoms with E-state index in [-0.39, 0.29) is 16.6 Å². The molecule has 0 unspecified atom stereocenters. The molecular weight excluding hydrogens is 401 g/mol. The summed E-state index contributed by atoms with van der Waals surface area (Å²) in [5.41, 5.74) is 1.27. The lowest BCUT2D eigenvalue weighted by Crippen LogP contribution is -2.22. The zero-order chi connectivity index (χ0) is 20.3. The first-order valence-corrected chi connectivity index (χ1v) is 10.5. The Labute approximate surface area is 166 Å². The molecule has 0 saturated heterocycles. The topological polar surface area (TPSA) is 79.4 Å². The van der Waals surface area contributed by atoms with Gasteiger partial charge < -0.3 is 0 Å². The number of nitrogens with one attached hydrogen (secondary N) is 1. The molecule has 1 N–H and O–H groups in total. The van der Waals surface area contributed by atoms with Crippen LogP contribution in [0.5, 0.6) is 0 Å². The monoisotopic (exact) mass is 419 g/mol. The van der Waals surface area contributed by atoms with Crippen LogP contribution in [0.3, 0.4) is 0 Å². The maximum absolute atomic E-state index is 13.0. The van der Waals surface area contributed by atoms with Crippen molar-refractivity contribution in [3.8, 4) is 0 Å². The molecule has 0 atom stereocenters. The van der Waals surface area contributed by atoms with E-state index in [1.807, 2.05) is 0 Å². The Morgan fingerprint density at radius 2 is 1.75 bits per heavy atom. The molecule has 3 rings (SSSR count). The van der Waals surface area contributed by atoms with Crippen LogP contribution >= 0.6 is 11.3 Å². The molecular formula is C19H18FN3O3S2. The summed E-state index contributed by atoms with van der Waals surface area (Å²) in [6, 6.07) is 11.9. The predicted molar refractivity (Wildman–Crippen MR) is 107 cm³/mol. The van der Waals surface area contributed by atoms with Gasteiger partial charge >= 0.3 is 0 Å². The number of thiazole rings is 1. The zero-order valence-corrected chi connectivity index (χ0v) is 16.8. The molecule has 0 fully saturated rings. The second-order valence-electron chi connectivity index (χ2n) is 6.20. The van der Waals surface area contributed by atoms with Gasteiger partial charge in [0.05, 0.1) is 4.90 Å². The molecule has 0 aliphatic heterocycles. The van der Waals surface area contributed by atoms with Gasteiger partial charge in [-0.3, -0.25) is 10.1 Å². The number of anilines is 1. The van der Waals surface area contributed by atoms with Gasteiger partial charge in [-0.25, -0.2) is 22.1 Å². The summed E-state index contributed by atoms with van der Waals surface area (Å²) in [6.07, 6.45) is 2.25. The molecule has 3 aromatic rings. The second-order valence-corrected chi connectivity index (χ2v) is 9.47. The van der Waals surface area contributed by atoms with E-state index in [2.05, 4.69) is 10.3 Å². The maximum atomic E-state index is 13.0. The summed E-state index contributed by atoms with van der Waals surface area (Å²) >= 11 is 1.33. The molecule has 0 saturated carbocycles. The number of aromatic nitrogens is 1. The van der Waals surface area contributed by atoms with Gasteiger partial charge in [0.1, 0.15) is 5.82 Å². The zero-order valence-electron chi connectivity index (χ0n) is 15.2. The number of rotatable bonds is 6. The highest BCUT2D eigenvalue weighted by atomic mass is 32.2. The van der Waals surface area contributed by atoms with Crippen LogP contribution in [-0.4, -0.2) is 37.7 Å². The summed E-state index contributed by atoms with van der Waals surface area (Å²) in [6.45, 7) is 0. The minimum atomic E-state index is -3.54. The number of benzene rings is 2. The molecule has 1 aromatic heterocycles. The Kier molecular flexibility index (Phi) is 5.87. The van der Waals surface area contributed by atoms with Crippen LogP contribution in [0.25, 0.3) is 0 Å². The highest BCUT2D eigenvalue weighted by Gasteiger charge is 2.18. The normalized spacial score (nSPS) is 11.6. The highest BCUT2D eigenvalue weighted by molar-refractivity contribution is 7.89. The Morgan fingerprint density at radius 3 is 2.36 bits per heavy atom. The number of carbonyl (C=O) groups is 1. The third-order valence-corrected chi connectivity index (χ3v) is 6.70. The summed E-state index contributed by atoms with van der Waals surface area (Å²) in [5.74, 6) is -0.665. The predicted octanol–water partition coefficient (Wildman–Crippen LogP) is 3.38. The number of hydrogen-bond donors (Lipinski definition) is 1. The molecule has 0 bridgehead atoms. The second kappa shape index (κ2) is 8.17. The quantitative estimate of drug-likeness (QED) is 0.664. The lowest BCUT2D eigenvalue weighted by Gasteiger charge is -2.11. The molecule has 1 heterocycles. The van der Waals surface area contributed by atoms with E-state index in [1.165, 1.54) is 61.8 Å². The average molecular weight is 420 g/mol. The number of nitrogens with zero attached hydrogens (tertiary/aromatic N) is 2. The van der Waals surface area contributed by atoms with Gasteiger partial charge in [-0.05, 0) is 42.0 Å². The molecule has 146 valence electrons. The van der Waals surface area contributed by atoms with Gasteiger partial charge in [-0.2, -0.15) is 0 Å². The van der Waals surface area contributed by atoms with E-state index in [9.17, 15) is 17.6 Å². The summed E-state index contributed by atoms with van der Waals surface area (Å²) < 4.78 is 38.2. The number of amides is 1. The molecule has 1 amide bonds. The Hall–Kier alpha value is -2.62. The molecule has 0 aliphatic rings. The SMILES string of the molecule is CN(C)S(=O)(=O)c1ccc(C(=O)Nc2ncc(Cc3ccc(F)cc3)s2)cc1. The van der Waals surface area contributed by atoms with Crippen molar-refractivity contribution in [2.45, 2.75) is 11.3 Å². The number of sulfonamides is 1. The smallest absolute Gasteiger partial charge is 0.257 e. The van der Waals surface area contributed by atoms with Gasteiger partial charge in [0.15, 0.2) is 5.13 Å². The standard InChI is InChI=1S/C19H18FN3O3S2/c1-23(2)28(25,26)17-9-5-14(6-10-17)18(24)22-19-21-12-16(27-19)11-13-3-7-15(20)8-4-13/h3-10,12H,11H2,1-2H3,(H,21,22,24). The minimum Gasteiger partial charge on any atom is -0.298 e. The first-order chi connectivity index (χ1) is 13.3. The Morgan fingerprint density at radius 1 is 1.11 bits per heavy atom. The van der Waals surface area contributed by atoms with E-state index in [0.717, 1.165) is 14.7 Å². The fourth-order valence-corrected chi connectivity index (χ4v) is 4.15. The van der Waals surface area contributed by atoms with Gasteiger partial charge in [0.25, 0.3) is 5.91 Å². The van der Waals surface area contributed by atoms with Gasteiger partial charge in [-0.1, -0.05) is 12.1 Å².